The Labute approximate surface area is 142 Å². The zero-order valence-corrected chi connectivity index (χ0v) is 13.7. The summed E-state index contributed by atoms with van der Waals surface area (Å²) in [7, 11) is 1.81. The fourth-order valence-corrected chi connectivity index (χ4v) is 3.24. The van der Waals surface area contributed by atoms with E-state index in [2.05, 4.69) is 10.2 Å². The Morgan fingerprint density at radius 2 is 2.00 bits per heavy atom. The molecule has 4 rings (SSSR count). The third kappa shape index (κ3) is 2.36. The molecular formula is C18H15FN4O2. The van der Waals surface area contributed by atoms with Gasteiger partial charge in [0, 0.05) is 23.4 Å². The van der Waals surface area contributed by atoms with E-state index in [-0.39, 0.29) is 12.4 Å². The molecule has 0 aliphatic heterocycles. The summed E-state index contributed by atoms with van der Waals surface area (Å²) in [6.07, 6.45) is 3.21. The number of aryl methyl sites for hydroxylation is 2. The smallest absolute Gasteiger partial charge is 0.325 e. The maximum Gasteiger partial charge on any atom is 0.325 e. The normalized spacial score (nSPS) is 11.5. The van der Waals surface area contributed by atoms with Crippen LogP contribution in [0.4, 0.5) is 4.39 Å². The molecule has 0 saturated carbocycles. The Kier molecular flexibility index (Phi) is 3.31. The third-order valence-electron chi connectivity index (χ3n) is 4.41. The van der Waals surface area contributed by atoms with Crippen molar-refractivity contribution >= 4 is 27.8 Å². The number of benzene rings is 2. The number of aromatic nitrogens is 4. The number of aliphatic carboxylic acids is 1. The highest BCUT2D eigenvalue weighted by Gasteiger charge is 2.16. The fraction of sp³-hybridized carbons (Fsp3) is 0.167. The Bertz CT molecular complexity index is 1140. The van der Waals surface area contributed by atoms with E-state index >= 15 is 0 Å². The van der Waals surface area contributed by atoms with Crippen molar-refractivity contribution in [1.82, 2.24) is 19.6 Å². The van der Waals surface area contributed by atoms with Gasteiger partial charge in [0.15, 0.2) is 0 Å². The molecule has 0 bridgehead atoms. The molecular weight excluding hydrogens is 323 g/mol. The summed E-state index contributed by atoms with van der Waals surface area (Å²) in [6.45, 7) is 1.64. The van der Waals surface area contributed by atoms with E-state index < -0.39 is 5.97 Å². The van der Waals surface area contributed by atoms with Crippen molar-refractivity contribution in [2.24, 2.45) is 7.05 Å². The zero-order valence-electron chi connectivity index (χ0n) is 13.7. The summed E-state index contributed by atoms with van der Waals surface area (Å²) in [6, 6.07) is 6.91. The lowest BCUT2D eigenvalue weighted by atomic mass is 9.98. The number of rotatable bonds is 3. The summed E-state index contributed by atoms with van der Waals surface area (Å²) in [5.41, 5.74) is 3.53. The Morgan fingerprint density at radius 3 is 2.76 bits per heavy atom. The summed E-state index contributed by atoms with van der Waals surface area (Å²) >= 11 is 0. The average Bonchev–Trinajstić information content (AvgIpc) is 3.12. The van der Waals surface area contributed by atoms with Gasteiger partial charge < -0.3 is 5.11 Å². The first kappa shape index (κ1) is 15.3. The molecule has 6 nitrogen and oxygen atoms in total. The van der Waals surface area contributed by atoms with E-state index in [0.29, 0.717) is 16.6 Å². The van der Waals surface area contributed by atoms with Crippen LogP contribution in [0.25, 0.3) is 32.9 Å². The standard InChI is InChI=1S/C18H15FN4O2/c1-10-3-4-12(14-8-21-23(18(10)14)9-17(24)25)13-6-16-11(5-15(13)19)7-20-22(16)2/h3-8H,9H2,1-2H3,(H,24,25). The van der Waals surface area contributed by atoms with Gasteiger partial charge in [0.05, 0.1) is 23.4 Å². The molecule has 0 atom stereocenters. The van der Waals surface area contributed by atoms with Crippen LogP contribution >= 0.6 is 0 Å². The molecule has 126 valence electrons. The van der Waals surface area contributed by atoms with Crippen molar-refractivity contribution in [2.45, 2.75) is 13.5 Å². The second-order valence-electron chi connectivity index (χ2n) is 6.05. The topological polar surface area (TPSA) is 72.9 Å². The van der Waals surface area contributed by atoms with Crippen molar-refractivity contribution in [3.63, 3.8) is 0 Å². The van der Waals surface area contributed by atoms with Crippen LogP contribution in [0.3, 0.4) is 0 Å². The highest BCUT2D eigenvalue weighted by atomic mass is 19.1. The number of halogens is 1. The monoisotopic (exact) mass is 338 g/mol. The van der Waals surface area contributed by atoms with Gasteiger partial charge in [-0.3, -0.25) is 14.2 Å². The number of fused-ring (bicyclic) bond motifs is 2. The molecule has 0 amide bonds. The summed E-state index contributed by atoms with van der Waals surface area (Å²) < 4.78 is 17.8. The minimum atomic E-state index is -0.975. The van der Waals surface area contributed by atoms with Crippen LogP contribution in [0.15, 0.2) is 36.7 Å². The highest BCUT2D eigenvalue weighted by molar-refractivity contribution is 5.98. The second-order valence-corrected chi connectivity index (χ2v) is 6.05. The van der Waals surface area contributed by atoms with Gasteiger partial charge in [-0.25, -0.2) is 4.39 Å². The van der Waals surface area contributed by atoms with Gasteiger partial charge in [-0.15, -0.1) is 0 Å². The molecule has 2 heterocycles. The second kappa shape index (κ2) is 5.41. The maximum atomic E-state index is 14.7. The largest absolute Gasteiger partial charge is 0.480 e. The molecule has 0 radical (unpaired) electrons. The lowest BCUT2D eigenvalue weighted by Gasteiger charge is -2.09. The summed E-state index contributed by atoms with van der Waals surface area (Å²) in [4.78, 5) is 11.1. The van der Waals surface area contributed by atoms with Crippen LogP contribution in [0, 0.1) is 12.7 Å². The van der Waals surface area contributed by atoms with Crippen molar-refractivity contribution in [2.75, 3.05) is 0 Å². The lowest BCUT2D eigenvalue weighted by molar-refractivity contribution is -0.137. The predicted molar refractivity (Wildman–Crippen MR) is 91.8 cm³/mol. The Hall–Kier alpha value is -3.22. The Balaban J connectivity index is 2.00. The number of carboxylic acids is 1. The van der Waals surface area contributed by atoms with Gasteiger partial charge in [-0.05, 0) is 30.2 Å². The molecule has 1 N–H and O–H groups in total. The average molecular weight is 338 g/mol. The van der Waals surface area contributed by atoms with Crippen LogP contribution in [0.5, 0.6) is 0 Å². The van der Waals surface area contributed by atoms with Gasteiger partial charge in [0.25, 0.3) is 0 Å². The quantitative estimate of drug-likeness (QED) is 0.623. The number of carbonyl (C=O) groups is 1. The minimum Gasteiger partial charge on any atom is -0.480 e. The molecule has 0 fully saturated rings. The minimum absolute atomic E-state index is 0.239. The van der Waals surface area contributed by atoms with Crippen LogP contribution in [-0.4, -0.2) is 30.6 Å². The van der Waals surface area contributed by atoms with E-state index in [1.165, 1.54) is 10.7 Å². The lowest BCUT2D eigenvalue weighted by Crippen LogP contribution is -2.10. The van der Waals surface area contributed by atoms with Crippen LogP contribution in [0.1, 0.15) is 5.56 Å². The summed E-state index contributed by atoms with van der Waals surface area (Å²) in [5.74, 6) is -1.33. The molecule has 2 aromatic carbocycles. The van der Waals surface area contributed by atoms with Crippen molar-refractivity contribution < 1.29 is 14.3 Å². The van der Waals surface area contributed by atoms with E-state index in [9.17, 15) is 9.18 Å². The Morgan fingerprint density at radius 1 is 1.20 bits per heavy atom. The van der Waals surface area contributed by atoms with Crippen molar-refractivity contribution in [3.05, 3.63) is 48.0 Å². The molecule has 0 spiro atoms. The molecule has 2 aromatic heterocycles. The van der Waals surface area contributed by atoms with Gasteiger partial charge in [0.2, 0.25) is 0 Å². The van der Waals surface area contributed by atoms with Crippen LogP contribution < -0.4 is 0 Å². The molecule has 4 aromatic rings. The first-order valence-corrected chi connectivity index (χ1v) is 7.74. The van der Waals surface area contributed by atoms with Crippen molar-refractivity contribution in [1.29, 1.82) is 0 Å². The predicted octanol–water partition coefficient (Wildman–Crippen LogP) is 3.12. The molecule has 25 heavy (non-hydrogen) atoms. The van der Waals surface area contributed by atoms with Crippen LogP contribution in [0.2, 0.25) is 0 Å². The van der Waals surface area contributed by atoms with E-state index in [0.717, 1.165) is 21.9 Å². The van der Waals surface area contributed by atoms with Gasteiger partial charge in [-0.1, -0.05) is 12.1 Å². The first-order chi connectivity index (χ1) is 12.0. The fourth-order valence-electron chi connectivity index (χ4n) is 3.24. The highest BCUT2D eigenvalue weighted by Crippen LogP contribution is 2.34. The third-order valence-corrected chi connectivity index (χ3v) is 4.41. The molecule has 0 aliphatic rings. The molecule has 0 aliphatic carbocycles. The zero-order chi connectivity index (χ0) is 17.7. The SMILES string of the molecule is Cc1ccc(-c2cc3c(cnn3C)cc2F)c2cnn(CC(=O)O)c12. The first-order valence-electron chi connectivity index (χ1n) is 7.74. The van der Waals surface area contributed by atoms with Gasteiger partial charge >= 0.3 is 5.97 Å². The van der Waals surface area contributed by atoms with Crippen molar-refractivity contribution in [3.8, 4) is 11.1 Å². The molecule has 0 saturated heterocycles. The number of nitrogens with zero attached hydrogens (tertiary/aromatic N) is 4. The maximum absolute atomic E-state index is 14.7. The number of hydrogen-bond donors (Lipinski definition) is 1. The van der Waals surface area contributed by atoms with E-state index in [4.69, 9.17) is 5.11 Å². The van der Waals surface area contributed by atoms with E-state index in [1.807, 2.05) is 19.1 Å². The van der Waals surface area contributed by atoms with Crippen LogP contribution in [-0.2, 0) is 18.4 Å². The summed E-state index contributed by atoms with van der Waals surface area (Å²) in [5, 5.41) is 18.8. The molecule has 0 unspecified atom stereocenters. The van der Waals surface area contributed by atoms with Gasteiger partial charge in [-0.2, -0.15) is 10.2 Å². The molecule has 7 heteroatoms. The number of carboxylic acid groups (broad SMARTS) is 1. The van der Waals surface area contributed by atoms with E-state index in [1.54, 1.807) is 30.2 Å². The number of hydrogen-bond acceptors (Lipinski definition) is 3. The van der Waals surface area contributed by atoms with Gasteiger partial charge in [0.1, 0.15) is 12.4 Å².